The molecule has 0 spiro atoms. The average molecular weight is 370 g/mol. The SMILES string of the molecule is COc1ccccc1C1CCN(C(=S)Nc2ccc3c(c2)OCO3)CC1. The summed E-state index contributed by atoms with van der Waals surface area (Å²) in [4.78, 5) is 2.23. The number of para-hydroxylation sites is 1. The highest BCUT2D eigenvalue weighted by Gasteiger charge is 2.24. The third-order valence-corrected chi connectivity index (χ3v) is 5.35. The first-order valence-electron chi connectivity index (χ1n) is 8.83. The average Bonchev–Trinajstić information content (AvgIpc) is 3.16. The maximum absolute atomic E-state index is 5.61. The van der Waals surface area contributed by atoms with Gasteiger partial charge in [0.15, 0.2) is 16.6 Å². The van der Waals surface area contributed by atoms with Crippen LogP contribution in [-0.2, 0) is 0 Å². The standard InChI is InChI=1S/C20H22N2O3S/c1-23-17-5-3-2-4-16(17)14-8-10-22(11-9-14)20(26)21-15-6-7-18-19(12-15)25-13-24-18/h2-7,12,14H,8-11,13H2,1H3,(H,21,26). The van der Waals surface area contributed by atoms with Crippen molar-refractivity contribution in [2.24, 2.45) is 0 Å². The molecule has 136 valence electrons. The zero-order valence-electron chi connectivity index (χ0n) is 14.7. The number of anilines is 1. The minimum atomic E-state index is 0.277. The van der Waals surface area contributed by atoms with Gasteiger partial charge in [0.1, 0.15) is 5.75 Å². The van der Waals surface area contributed by atoms with Gasteiger partial charge in [0.25, 0.3) is 0 Å². The lowest BCUT2D eigenvalue weighted by Crippen LogP contribution is -2.40. The lowest BCUT2D eigenvalue weighted by atomic mass is 9.89. The minimum Gasteiger partial charge on any atom is -0.496 e. The molecule has 5 nitrogen and oxygen atoms in total. The fourth-order valence-corrected chi connectivity index (χ4v) is 3.87. The van der Waals surface area contributed by atoms with Gasteiger partial charge in [0.2, 0.25) is 6.79 Å². The zero-order chi connectivity index (χ0) is 17.9. The van der Waals surface area contributed by atoms with Crippen molar-refractivity contribution in [3.8, 4) is 17.2 Å². The summed E-state index contributed by atoms with van der Waals surface area (Å²) in [5.41, 5.74) is 2.22. The Balaban J connectivity index is 1.36. The van der Waals surface area contributed by atoms with Gasteiger partial charge in [0.05, 0.1) is 7.11 Å². The second-order valence-corrected chi connectivity index (χ2v) is 6.89. The van der Waals surface area contributed by atoms with E-state index in [4.69, 9.17) is 26.4 Å². The number of hydrogen-bond acceptors (Lipinski definition) is 4. The molecule has 0 amide bonds. The van der Waals surface area contributed by atoms with Crippen molar-refractivity contribution < 1.29 is 14.2 Å². The number of methoxy groups -OCH3 is 1. The first kappa shape index (κ1) is 17.0. The Bertz CT molecular complexity index is 803. The summed E-state index contributed by atoms with van der Waals surface area (Å²) in [6.45, 7) is 2.14. The molecule has 2 aliphatic rings. The van der Waals surface area contributed by atoms with Crippen LogP contribution >= 0.6 is 12.2 Å². The summed E-state index contributed by atoms with van der Waals surface area (Å²) in [5.74, 6) is 3.02. The second-order valence-electron chi connectivity index (χ2n) is 6.50. The number of rotatable bonds is 3. The number of nitrogens with zero attached hydrogens (tertiary/aromatic N) is 1. The molecule has 0 aliphatic carbocycles. The fraction of sp³-hybridized carbons (Fsp3) is 0.350. The van der Waals surface area contributed by atoms with E-state index in [9.17, 15) is 0 Å². The molecule has 0 bridgehead atoms. The number of piperidine rings is 1. The highest BCUT2D eigenvalue weighted by molar-refractivity contribution is 7.80. The molecule has 2 aromatic carbocycles. The molecule has 0 aromatic heterocycles. The van der Waals surface area contributed by atoms with Gasteiger partial charge in [0, 0.05) is 24.8 Å². The van der Waals surface area contributed by atoms with Crippen molar-refractivity contribution in [3.05, 3.63) is 48.0 Å². The highest BCUT2D eigenvalue weighted by Crippen LogP contribution is 2.35. The monoisotopic (exact) mass is 370 g/mol. The van der Waals surface area contributed by atoms with Gasteiger partial charge in [-0.1, -0.05) is 18.2 Å². The molecule has 2 aromatic rings. The van der Waals surface area contributed by atoms with Crippen molar-refractivity contribution in [1.29, 1.82) is 0 Å². The molecule has 4 rings (SSSR count). The normalized spacial score (nSPS) is 16.4. The van der Waals surface area contributed by atoms with Crippen LogP contribution in [0, 0.1) is 0 Å². The second kappa shape index (κ2) is 7.41. The van der Waals surface area contributed by atoms with Crippen LogP contribution in [0.5, 0.6) is 17.2 Å². The molecular weight excluding hydrogens is 348 g/mol. The number of thiocarbonyl (C=S) groups is 1. The van der Waals surface area contributed by atoms with E-state index >= 15 is 0 Å². The van der Waals surface area contributed by atoms with Gasteiger partial charge in [-0.15, -0.1) is 0 Å². The first-order chi connectivity index (χ1) is 12.7. The summed E-state index contributed by atoms with van der Waals surface area (Å²) in [6.07, 6.45) is 2.12. The molecule has 1 saturated heterocycles. The number of benzene rings is 2. The van der Waals surface area contributed by atoms with Crippen LogP contribution in [0.4, 0.5) is 5.69 Å². The summed E-state index contributed by atoms with van der Waals surface area (Å²) >= 11 is 5.61. The summed E-state index contributed by atoms with van der Waals surface area (Å²) in [7, 11) is 1.73. The van der Waals surface area contributed by atoms with Crippen molar-refractivity contribution in [3.63, 3.8) is 0 Å². The molecule has 0 atom stereocenters. The summed E-state index contributed by atoms with van der Waals surface area (Å²) < 4.78 is 16.3. The fourth-order valence-electron chi connectivity index (χ4n) is 3.57. The zero-order valence-corrected chi connectivity index (χ0v) is 15.6. The summed E-state index contributed by atoms with van der Waals surface area (Å²) in [5, 5.41) is 4.07. The van der Waals surface area contributed by atoms with Crippen molar-refractivity contribution in [2.75, 3.05) is 32.3 Å². The molecule has 26 heavy (non-hydrogen) atoms. The largest absolute Gasteiger partial charge is 0.496 e. The molecule has 0 saturated carbocycles. The van der Waals surface area contributed by atoms with Crippen LogP contribution in [0.25, 0.3) is 0 Å². The Morgan fingerprint density at radius 3 is 2.69 bits per heavy atom. The number of hydrogen-bond donors (Lipinski definition) is 1. The molecule has 1 fully saturated rings. The quantitative estimate of drug-likeness (QED) is 0.824. The Morgan fingerprint density at radius 2 is 1.88 bits per heavy atom. The van der Waals surface area contributed by atoms with E-state index in [-0.39, 0.29) is 6.79 Å². The van der Waals surface area contributed by atoms with Crippen molar-refractivity contribution in [2.45, 2.75) is 18.8 Å². The number of likely N-dealkylation sites (tertiary alicyclic amines) is 1. The van der Waals surface area contributed by atoms with Crippen LogP contribution in [0.1, 0.15) is 24.3 Å². The Kier molecular flexibility index (Phi) is 4.84. The lowest BCUT2D eigenvalue weighted by molar-refractivity contribution is 0.174. The van der Waals surface area contributed by atoms with Crippen LogP contribution in [-0.4, -0.2) is 37.0 Å². The molecule has 0 unspecified atom stereocenters. The van der Waals surface area contributed by atoms with Crippen molar-refractivity contribution in [1.82, 2.24) is 4.90 Å². The van der Waals surface area contributed by atoms with Crippen LogP contribution in [0.2, 0.25) is 0 Å². The van der Waals surface area contributed by atoms with E-state index in [1.807, 2.05) is 30.3 Å². The van der Waals surface area contributed by atoms with Crippen LogP contribution in [0.15, 0.2) is 42.5 Å². The Hall–Kier alpha value is -2.47. The predicted molar refractivity (Wildman–Crippen MR) is 105 cm³/mol. The molecule has 2 aliphatic heterocycles. The number of nitrogens with one attached hydrogen (secondary N) is 1. The van der Waals surface area contributed by atoms with Gasteiger partial charge in [-0.25, -0.2) is 0 Å². The van der Waals surface area contributed by atoms with Gasteiger partial charge in [-0.2, -0.15) is 0 Å². The van der Waals surface area contributed by atoms with E-state index in [2.05, 4.69) is 22.3 Å². The number of ether oxygens (including phenoxy) is 3. The van der Waals surface area contributed by atoms with E-state index < -0.39 is 0 Å². The molecular formula is C20H22N2O3S. The van der Waals surface area contributed by atoms with Crippen LogP contribution < -0.4 is 19.5 Å². The van der Waals surface area contributed by atoms with E-state index in [1.165, 1.54) is 5.56 Å². The maximum Gasteiger partial charge on any atom is 0.231 e. The van der Waals surface area contributed by atoms with Gasteiger partial charge < -0.3 is 24.4 Å². The molecule has 1 N–H and O–H groups in total. The predicted octanol–water partition coefficient (Wildman–Crippen LogP) is 4.00. The van der Waals surface area contributed by atoms with Gasteiger partial charge in [-0.3, -0.25) is 0 Å². The van der Waals surface area contributed by atoms with E-state index in [1.54, 1.807) is 7.11 Å². The van der Waals surface area contributed by atoms with Gasteiger partial charge >= 0.3 is 0 Å². The Labute approximate surface area is 158 Å². The highest BCUT2D eigenvalue weighted by atomic mass is 32.1. The van der Waals surface area contributed by atoms with Crippen molar-refractivity contribution >= 4 is 23.0 Å². The number of fused-ring (bicyclic) bond motifs is 1. The molecule has 0 radical (unpaired) electrons. The van der Waals surface area contributed by atoms with E-state index in [0.29, 0.717) is 5.92 Å². The molecule has 6 heteroatoms. The van der Waals surface area contributed by atoms with Crippen LogP contribution in [0.3, 0.4) is 0 Å². The molecule has 2 heterocycles. The third-order valence-electron chi connectivity index (χ3n) is 4.98. The maximum atomic E-state index is 5.61. The third kappa shape index (κ3) is 3.42. The smallest absolute Gasteiger partial charge is 0.231 e. The lowest BCUT2D eigenvalue weighted by Gasteiger charge is -2.34. The minimum absolute atomic E-state index is 0.277. The van der Waals surface area contributed by atoms with Gasteiger partial charge in [-0.05, 0) is 54.7 Å². The Morgan fingerprint density at radius 1 is 1.12 bits per heavy atom. The first-order valence-corrected chi connectivity index (χ1v) is 9.24. The summed E-state index contributed by atoms with van der Waals surface area (Å²) in [6, 6.07) is 14.1. The van der Waals surface area contributed by atoms with E-state index in [0.717, 1.165) is 54.0 Å². The topological polar surface area (TPSA) is 43.0 Å².